The highest BCUT2D eigenvalue weighted by atomic mass is 79.9. The molecule has 2 aromatic heterocycles. The molecule has 0 unspecified atom stereocenters. The van der Waals surface area contributed by atoms with Gasteiger partial charge in [0.15, 0.2) is 5.82 Å². The van der Waals surface area contributed by atoms with Gasteiger partial charge in [0.1, 0.15) is 16.5 Å². The van der Waals surface area contributed by atoms with E-state index in [4.69, 9.17) is 5.26 Å². The van der Waals surface area contributed by atoms with Crippen LogP contribution in [0.1, 0.15) is 10.4 Å². The molecule has 2 aromatic rings. The van der Waals surface area contributed by atoms with Gasteiger partial charge in [-0.25, -0.2) is 8.42 Å². The van der Waals surface area contributed by atoms with Crippen molar-refractivity contribution >= 4 is 43.1 Å². The summed E-state index contributed by atoms with van der Waals surface area (Å²) in [5.74, 6) is 0.0340. The molecule has 0 amide bonds. The summed E-state index contributed by atoms with van der Waals surface area (Å²) < 4.78 is 28.9. The number of halogens is 1. The molecule has 1 N–H and O–H groups in total. The minimum atomic E-state index is -3.74. The van der Waals surface area contributed by atoms with E-state index in [-0.39, 0.29) is 16.3 Å². The molecular weight excluding hydrogens is 352 g/mol. The van der Waals surface area contributed by atoms with Gasteiger partial charge in [-0.2, -0.15) is 10.4 Å². The van der Waals surface area contributed by atoms with Gasteiger partial charge < -0.3 is 0 Å². The first-order chi connectivity index (χ1) is 8.83. The summed E-state index contributed by atoms with van der Waals surface area (Å²) in [4.78, 5) is 0.840. The lowest BCUT2D eigenvalue weighted by atomic mass is 10.4. The minimum Gasteiger partial charge on any atom is -0.272 e. The van der Waals surface area contributed by atoms with Gasteiger partial charge in [-0.1, -0.05) is 0 Å². The lowest BCUT2D eigenvalue weighted by Crippen LogP contribution is -2.14. The minimum absolute atomic E-state index is 0.0340. The summed E-state index contributed by atoms with van der Waals surface area (Å²) in [6.45, 7) is 1.72. The fourth-order valence-corrected chi connectivity index (χ4v) is 4.96. The molecular formula is C10H9BrN4O2S2. The number of aryl methyl sites for hydroxylation is 2. The SMILES string of the molecule is Cc1sc(Br)cc1S(=O)(=O)Nc1nn(C)cc1C#N. The zero-order valence-corrected chi connectivity index (χ0v) is 13.2. The monoisotopic (exact) mass is 360 g/mol. The molecule has 0 spiro atoms. The second-order valence-electron chi connectivity index (χ2n) is 3.75. The first-order valence-corrected chi connectivity index (χ1v) is 8.15. The first-order valence-electron chi connectivity index (χ1n) is 5.06. The molecule has 0 bridgehead atoms. The topological polar surface area (TPSA) is 87.8 Å². The van der Waals surface area contributed by atoms with E-state index in [1.807, 2.05) is 6.07 Å². The molecule has 9 heteroatoms. The zero-order valence-electron chi connectivity index (χ0n) is 10.0. The largest absolute Gasteiger partial charge is 0.272 e. The van der Waals surface area contributed by atoms with Gasteiger partial charge in [0.05, 0.1) is 3.79 Å². The third kappa shape index (κ3) is 2.80. The van der Waals surface area contributed by atoms with Crippen LogP contribution in [-0.2, 0) is 17.1 Å². The predicted molar refractivity (Wildman–Crippen MR) is 75.5 cm³/mol. The van der Waals surface area contributed by atoms with Crippen LogP contribution in [0, 0.1) is 18.3 Å². The molecule has 6 nitrogen and oxygen atoms in total. The van der Waals surface area contributed by atoms with Crippen LogP contribution in [0.15, 0.2) is 20.9 Å². The Morgan fingerprint density at radius 2 is 2.26 bits per heavy atom. The fraction of sp³-hybridized carbons (Fsp3) is 0.200. The summed E-state index contributed by atoms with van der Waals surface area (Å²) >= 11 is 4.58. The summed E-state index contributed by atoms with van der Waals surface area (Å²) in [6, 6.07) is 3.42. The fourth-order valence-electron chi connectivity index (χ4n) is 1.53. The Balaban J connectivity index is 2.42. The molecule has 0 aromatic carbocycles. The maximum Gasteiger partial charge on any atom is 0.264 e. The van der Waals surface area contributed by atoms with Crippen LogP contribution < -0.4 is 4.72 Å². The predicted octanol–water partition coefficient (Wildman–Crippen LogP) is 2.22. The van der Waals surface area contributed by atoms with Crippen LogP contribution in [0.3, 0.4) is 0 Å². The lowest BCUT2D eigenvalue weighted by molar-refractivity contribution is 0.600. The molecule has 100 valence electrons. The standard InChI is InChI=1S/C10H9BrN4O2S2/c1-6-8(3-9(11)18-6)19(16,17)14-10-7(4-12)5-15(2)13-10/h3,5H,1-2H3,(H,13,14). The van der Waals surface area contributed by atoms with E-state index in [2.05, 4.69) is 25.8 Å². The molecule has 0 saturated carbocycles. The van der Waals surface area contributed by atoms with Crippen molar-refractivity contribution in [2.75, 3.05) is 4.72 Å². The maximum absolute atomic E-state index is 12.2. The Bertz CT molecular complexity index is 770. The van der Waals surface area contributed by atoms with Crippen molar-refractivity contribution in [2.24, 2.45) is 7.05 Å². The Labute approximate surface area is 122 Å². The van der Waals surface area contributed by atoms with Crippen molar-refractivity contribution in [3.63, 3.8) is 0 Å². The quantitative estimate of drug-likeness (QED) is 0.908. The van der Waals surface area contributed by atoms with Gasteiger partial charge in [-0.3, -0.25) is 9.40 Å². The van der Waals surface area contributed by atoms with Gasteiger partial charge in [-0.05, 0) is 28.9 Å². The van der Waals surface area contributed by atoms with Gasteiger partial charge >= 0.3 is 0 Å². The Hall–Kier alpha value is -1.37. The van der Waals surface area contributed by atoms with E-state index >= 15 is 0 Å². The molecule has 0 radical (unpaired) electrons. The number of aromatic nitrogens is 2. The van der Waals surface area contributed by atoms with E-state index in [9.17, 15) is 8.42 Å². The smallest absolute Gasteiger partial charge is 0.264 e. The van der Waals surface area contributed by atoms with Crippen molar-refractivity contribution < 1.29 is 8.42 Å². The number of anilines is 1. The summed E-state index contributed by atoms with van der Waals surface area (Å²) in [5, 5.41) is 12.8. The molecule has 0 aliphatic rings. The van der Waals surface area contributed by atoms with Crippen molar-refractivity contribution in [2.45, 2.75) is 11.8 Å². The number of rotatable bonds is 3. The molecule has 2 heterocycles. The van der Waals surface area contributed by atoms with E-state index < -0.39 is 10.0 Å². The Kier molecular flexibility index (Phi) is 3.66. The second-order valence-corrected chi connectivity index (χ2v) is 8.04. The number of sulfonamides is 1. The van der Waals surface area contributed by atoms with Crippen LogP contribution in [0.2, 0.25) is 0 Å². The number of hydrogen-bond donors (Lipinski definition) is 1. The number of nitriles is 1. The third-order valence-corrected chi connectivity index (χ3v) is 5.46. The lowest BCUT2D eigenvalue weighted by Gasteiger charge is -2.04. The molecule has 0 aliphatic carbocycles. The number of thiophene rings is 1. The highest BCUT2D eigenvalue weighted by Crippen LogP contribution is 2.30. The average Bonchev–Trinajstić information content (AvgIpc) is 2.81. The Morgan fingerprint density at radius 3 is 2.79 bits per heavy atom. The molecule has 0 atom stereocenters. The number of nitrogens with one attached hydrogen (secondary N) is 1. The second kappa shape index (κ2) is 4.96. The zero-order chi connectivity index (χ0) is 14.2. The van der Waals surface area contributed by atoms with Crippen LogP contribution in [-0.4, -0.2) is 18.2 Å². The molecule has 19 heavy (non-hydrogen) atoms. The van der Waals surface area contributed by atoms with Crippen molar-refractivity contribution in [1.82, 2.24) is 9.78 Å². The van der Waals surface area contributed by atoms with E-state index in [0.29, 0.717) is 4.88 Å². The molecule has 0 fully saturated rings. The average molecular weight is 361 g/mol. The van der Waals surface area contributed by atoms with Crippen LogP contribution in [0.5, 0.6) is 0 Å². The molecule has 0 aliphatic heterocycles. The summed E-state index contributed by atoms with van der Waals surface area (Å²) in [5.41, 5.74) is 0.179. The summed E-state index contributed by atoms with van der Waals surface area (Å²) in [7, 11) is -2.12. The van der Waals surface area contributed by atoms with Crippen molar-refractivity contribution in [3.05, 3.63) is 26.5 Å². The van der Waals surface area contributed by atoms with Crippen LogP contribution in [0.25, 0.3) is 0 Å². The van der Waals surface area contributed by atoms with E-state index in [1.54, 1.807) is 14.0 Å². The highest BCUT2D eigenvalue weighted by Gasteiger charge is 2.22. The van der Waals surface area contributed by atoms with Gasteiger partial charge in [0.2, 0.25) is 0 Å². The van der Waals surface area contributed by atoms with E-state index in [0.717, 1.165) is 3.79 Å². The maximum atomic E-state index is 12.2. The van der Waals surface area contributed by atoms with Crippen molar-refractivity contribution in [1.29, 1.82) is 5.26 Å². The highest BCUT2D eigenvalue weighted by molar-refractivity contribution is 9.11. The normalized spacial score (nSPS) is 11.3. The Morgan fingerprint density at radius 1 is 1.58 bits per heavy atom. The van der Waals surface area contributed by atoms with Gasteiger partial charge in [0, 0.05) is 18.1 Å². The number of hydrogen-bond acceptors (Lipinski definition) is 5. The first kappa shape index (κ1) is 14.0. The third-order valence-electron chi connectivity index (χ3n) is 2.31. The summed E-state index contributed by atoms with van der Waals surface area (Å²) in [6.07, 6.45) is 1.45. The van der Waals surface area contributed by atoms with Crippen molar-refractivity contribution in [3.8, 4) is 6.07 Å². The van der Waals surface area contributed by atoms with Crippen LogP contribution >= 0.6 is 27.3 Å². The molecule has 2 rings (SSSR count). The molecule has 0 saturated heterocycles. The van der Waals surface area contributed by atoms with Gasteiger partial charge in [0.25, 0.3) is 10.0 Å². The van der Waals surface area contributed by atoms with Crippen LogP contribution in [0.4, 0.5) is 5.82 Å². The van der Waals surface area contributed by atoms with E-state index in [1.165, 1.54) is 28.3 Å². The van der Waals surface area contributed by atoms with Gasteiger partial charge in [-0.15, -0.1) is 11.3 Å². The number of nitrogens with zero attached hydrogens (tertiary/aromatic N) is 3.